The first-order valence-electron chi connectivity index (χ1n) is 7.98. The van der Waals surface area contributed by atoms with Crippen molar-refractivity contribution < 1.29 is 13.9 Å². The minimum Gasteiger partial charge on any atom is -0.440 e. The third-order valence-electron chi connectivity index (χ3n) is 3.82. The number of furan rings is 1. The summed E-state index contributed by atoms with van der Waals surface area (Å²) >= 11 is 15.3. The number of rotatable bonds is 4. The van der Waals surface area contributed by atoms with Gasteiger partial charge in [0.2, 0.25) is 5.88 Å². The summed E-state index contributed by atoms with van der Waals surface area (Å²) < 4.78 is 11.9. The summed E-state index contributed by atoms with van der Waals surface area (Å²) in [6.07, 6.45) is 1.38. The van der Waals surface area contributed by atoms with Crippen molar-refractivity contribution in [3.8, 4) is 6.07 Å². The molecule has 1 fully saturated rings. The van der Waals surface area contributed by atoms with Crippen LogP contribution in [0.5, 0.6) is 0 Å². The number of benzene rings is 1. The smallest absolute Gasteiger partial charge is 0.266 e. The van der Waals surface area contributed by atoms with E-state index in [1.807, 2.05) is 11.0 Å². The van der Waals surface area contributed by atoms with Gasteiger partial charge in [-0.25, -0.2) is 0 Å². The Kier molecular flexibility index (Phi) is 6.45. The van der Waals surface area contributed by atoms with Crippen LogP contribution in [0.25, 0.3) is 6.08 Å². The van der Waals surface area contributed by atoms with Crippen molar-refractivity contribution in [2.45, 2.75) is 0 Å². The number of hydrogen-bond acceptors (Lipinski definition) is 5. The first kappa shape index (κ1) is 19.8. The average Bonchev–Trinajstić information content (AvgIpc) is 3.03. The van der Waals surface area contributed by atoms with Gasteiger partial charge in [-0.1, -0.05) is 23.2 Å². The zero-order chi connectivity index (χ0) is 19.4. The number of nitrogens with one attached hydrogen (secondary N) is 1. The Morgan fingerprint density at radius 3 is 2.70 bits per heavy atom. The SMILES string of the molecule is N#C/C(=C/c1cc(Br)c(N2CCOCC2)o1)C(=O)Nc1ccc(Cl)cc1Cl. The van der Waals surface area contributed by atoms with Crippen molar-refractivity contribution in [3.05, 3.63) is 50.1 Å². The van der Waals surface area contributed by atoms with Crippen LogP contribution >= 0.6 is 39.1 Å². The summed E-state index contributed by atoms with van der Waals surface area (Å²) in [5.74, 6) is 0.433. The Hall–Kier alpha value is -1.98. The maximum atomic E-state index is 12.4. The van der Waals surface area contributed by atoms with E-state index < -0.39 is 5.91 Å². The van der Waals surface area contributed by atoms with E-state index in [0.717, 1.165) is 4.47 Å². The fourth-order valence-corrected chi connectivity index (χ4v) is 3.51. The van der Waals surface area contributed by atoms with Gasteiger partial charge in [0.05, 0.1) is 28.4 Å². The molecule has 0 atom stereocenters. The maximum absolute atomic E-state index is 12.4. The van der Waals surface area contributed by atoms with Crippen LogP contribution in [-0.2, 0) is 9.53 Å². The highest BCUT2D eigenvalue weighted by atomic mass is 79.9. The largest absolute Gasteiger partial charge is 0.440 e. The van der Waals surface area contributed by atoms with E-state index in [9.17, 15) is 10.1 Å². The lowest BCUT2D eigenvalue weighted by molar-refractivity contribution is -0.112. The van der Waals surface area contributed by atoms with Crippen LogP contribution in [0, 0.1) is 11.3 Å². The van der Waals surface area contributed by atoms with Gasteiger partial charge in [-0.2, -0.15) is 5.26 Å². The monoisotopic (exact) mass is 469 g/mol. The fourth-order valence-electron chi connectivity index (χ4n) is 2.50. The molecule has 0 spiro atoms. The van der Waals surface area contributed by atoms with E-state index in [4.69, 9.17) is 32.4 Å². The van der Waals surface area contributed by atoms with Crippen LogP contribution in [-0.4, -0.2) is 32.2 Å². The second kappa shape index (κ2) is 8.81. The van der Waals surface area contributed by atoms with Gasteiger partial charge in [0.15, 0.2) is 0 Å². The molecule has 6 nitrogen and oxygen atoms in total. The molecule has 1 aromatic carbocycles. The number of nitriles is 1. The Labute approximate surface area is 174 Å². The molecule has 1 amide bonds. The van der Waals surface area contributed by atoms with Crippen LogP contribution in [0.2, 0.25) is 10.0 Å². The molecule has 1 saturated heterocycles. The first-order chi connectivity index (χ1) is 13.0. The van der Waals surface area contributed by atoms with Crippen molar-refractivity contribution in [1.29, 1.82) is 5.26 Å². The lowest BCUT2D eigenvalue weighted by atomic mass is 10.2. The van der Waals surface area contributed by atoms with Crippen LogP contribution in [0.3, 0.4) is 0 Å². The summed E-state index contributed by atoms with van der Waals surface area (Å²) in [7, 11) is 0. The highest BCUT2D eigenvalue weighted by Crippen LogP contribution is 2.32. The highest BCUT2D eigenvalue weighted by molar-refractivity contribution is 9.10. The summed E-state index contributed by atoms with van der Waals surface area (Å²) in [6, 6.07) is 8.26. The Morgan fingerprint density at radius 2 is 2.04 bits per heavy atom. The van der Waals surface area contributed by atoms with Crippen LogP contribution in [0.1, 0.15) is 5.76 Å². The summed E-state index contributed by atoms with van der Waals surface area (Å²) in [5.41, 5.74) is 0.248. The lowest BCUT2D eigenvalue weighted by Gasteiger charge is -2.26. The summed E-state index contributed by atoms with van der Waals surface area (Å²) in [4.78, 5) is 14.4. The molecule has 1 N–H and O–H groups in total. The van der Waals surface area contributed by atoms with Crippen molar-refractivity contribution in [1.82, 2.24) is 0 Å². The van der Waals surface area contributed by atoms with E-state index in [0.29, 0.717) is 48.7 Å². The molecule has 3 rings (SSSR count). The number of carbonyl (C=O) groups is 1. The second-order valence-electron chi connectivity index (χ2n) is 5.65. The van der Waals surface area contributed by atoms with E-state index in [1.54, 1.807) is 18.2 Å². The number of carbonyl (C=O) groups excluding carboxylic acids is 1. The van der Waals surface area contributed by atoms with Crippen LogP contribution in [0.4, 0.5) is 11.6 Å². The normalized spacial score (nSPS) is 14.7. The van der Waals surface area contributed by atoms with Crippen LogP contribution < -0.4 is 10.2 Å². The molecule has 0 radical (unpaired) electrons. The molecule has 1 aliphatic rings. The van der Waals surface area contributed by atoms with Crippen LogP contribution in [0.15, 0.2) is 38.7 Å². The standard InChI is InChI=1S/C18H14BrCl2N3O3/c19-14-9-13(27-18(14)24-3-5-26-6-4-24)7-11(10-22)17(25)23-16-2-1-12(20)8-15(16)21/h1-2,7-9H,3-6H2,(H,23,25)/b11-7-. The van der Waals surface area contributed by atoms with Gasteiger partial charge in [0.1, 0.15) is 17.4 Å². The van der Waals surface area contributed by atoms with Gasteiger partial charge in [-0.05, 0) is 34.1 Å². The van der Waals surface area contributed by atoms with Gasteiger partial charge in [-0.15, -0.1) is 0 Å². The summed E-state index contributed by atoms with van der Waals surface area (Å²) in [6.45, 7) is 2.64. The number of halogens is 3. The minimum atomic E-state index is -0.595. The third-order valence-corrected chi connectivity index (χ3v) is 4.93. The molecule has 2 heterocycles. The fraction of sp³-hybridized carbons (Fsp3) is 0.222. The van der Waals surface area contributed by atoms with Gasteiger partial charge < -0.3 is 19.4 Å². The molecule has 1 aliphatic heterocycles. The Balaban J connectivity index is 1.79. The van der Waals surface area contributed by atoms with Gasteiger partial charge in [0.25, 0.3) is 5.91 Å². The first-order valence-corrected chi connectivity index (χ1v) is 9.53. The zero-order valence-electron chi connectivity index (χ0n) is 14.0. The van der Waals surface area contributed by atoms with Gasteiger partial charge >= 0.3 is 0 Å². The Morgan fingerprint density at radius 1 is 1.30 bits per heavy atom. The molecule has 0 aliphatic carbocycles. The van der Waals surface area contributed by atoms with E-state index in [-0.39, 0.29) is 10.6 Å². The van der Waals surface area contributed by atoms with Crippen molar-refractivity contribution in [2.75, 3.05) is 36.5 Å². The second-order valence-corrected chi connectivity index (χ2v) is 7.35. The zero-order valence-corrected chi connectivity index (χ0v) is 17.1. The predicted molar refractivity (Wildman–Crippen MR) is 108 cm³/mol. The Bertz CT molecular complexity index is 930. The molecule has 0 saturated carbocycles. The number of hydrogen-bond donors (Lipinski definition) is 1. The molecule has 1 aromatic heterocycles. The number of nitrogens with zero attached hydrogens (tertiary/aromatic N) is 2. The highest BCUT2D eigenvalue weighted by Gasteiger charge is 2.19. The van der Waals surface area contributed by atoms with E-state index in [2.05, 4.69) is 21.2 Å². The molecule has 0 bridgehead atoms. The van der Waals surface area contributed by atoms with Gasteiger partial charge in [-0.3, -0.25) is 4.79 Å². The molecule has 27 heavy (non-hydrogen) atoms. The summed E-state index contributed by atoms with van der Waals surface area (Å²) in [5, 5.41) is 12.7. The molecule has 2 aromatic rings. The van der Waals surface area contributed by atoms with Crippen molar-refractivity contribution >= 4 is 62.7 Å². The van der Waals surface area contributed by atoms with E-state index in [1.165, 1.54) is 12.1 Å². The number of morpholine rings is 1. The minimum absolute atomic E-state index is 0.115. The number of amides is 1. The van der Waals surface area contributed by atoms with Gasteiger partial charge in [0, 0.05) is 30.3 Å². The molecular formula is C18H14BrCl2N3O3. The predicted octanol–water partition coefficient (Wildman–Crippen LogP) is 4.73. The average molecular weight is 471 g/mol. The van der Waals surface area contributed by atoms with E-state index >= 15 is 0 Å². The molecule has 0 unspecified atom stereocenters. The molecule has 9 heteroatoms. The molecular weight excluding hydrogens is 457 g/mol. The third kappa shape index (κ3) is 4.85. The number of ether oxygens (including phenoxy) is 1. The topological polar surface area (TPSA) is 78.5 Å². The number of anilines is 2. The maximum Gasteiger partial charge on any atom is 0.266 e. The lowest BCUT2D eigenvalue weighted by Crippen LogP contribution is -2.36. The quantitative estimate of drug-likeness (QED) is 0.516. The van der Waals surface area contributed by atoms with Crippen molar-refractivity contribution in [3.63, 3.8) is 0 Å². The molecule has 140 valence electrons. The van der Waals surface area contributed by atoms with Crippen molar-refractivity contribution in [2.24, 2.45) is 0 Å².